The van der Waals surface area contributed by atoms with Crippen molar-refractivity contribution in [3.8, 4) is 11.8 Å². The van der Waals surface area contributed by atoms with Crippen LogP contribution in [-0.2, 0) is 6.61 Å². The first-order chi connectivity index (χ1) is 10.5. The smallest absolute Gasteiger partial charge is 0.228 e. The number of ether oxygens (including phenoxy) is 1. The number of nitrogens with zero attached hydrogens (tertiary/aromatic N) is 1. The van der Waals surface area contributed by atoms with Gasteiger partial charge in [0, 0.05) is 10.9 Å². The number of aliphatic hydroxyl groups is 1. The predicted molar refractivity (Wildman–Crippen MR) is 82.2 cm³/mol. The molecule has 1 aliphatic rings. The standard InChI is InChI=1S/C14H9BrN2O4S/c15-10-2-1-9(22-10)11-7(4-16)14(17)21-12-8(19)3-6(5-18)20-13(11)12/h1-3,11,18H,5,17H2/t11-/m1/s1. The van der Waals surface area contributed by atoms with Crippen molar-refractivity contribution in [3.63, 3.8) is 0 Å². The van der Waals surface area contributed by atoms with Gasteiger partial charge in [-0.1, -0.05) is 0 Å². The molecule has 0 bridgehead atoms. The first kappa shape index (κ1) is 14.8. The van der Waals surface area contributed by atoms with Gasteiger partial charge in [0.1, 0.15) is 24.0 Å². The number of hydrogen-bond donors (Lipinski definition) is 2. The molecular formula is C14H9BrN2O4S. The van der Waals surface area contributed by atoms with Crippen molar-refractivity contribution in [2.45, 2.75) is 12.5 Å². The highest BCUT2D eigenvalue weighted by molar-refractivity contribution is 9.11. The Balaban J connectivity index is 2.29. The SMILES string of the molecule is N#CC1=C(N)Oc2c(oc(CO)cc2=O)[C@H]1c1ccc(Br)s1. The highest BCUT2D eigenvalue weighted by Crippen LogP contribution is 2.43. The van der Waals surface area contributed by atoms with Crippen LogP contribution >= 0.6 is 27.3 Å². The van der Waals surface area contributed by atoms with Crippen LogP contribution in [0.15, 0.2) is 42.7 Å². The van der Waals surface area contributed by atoms with Crippen molar-refractivity contribution >= 4 is 27.3 Å². The molecule has 0 amide bonds. The second-order valence-electron chi connectivity index (χ2n) is 4.50. The van der Waals surface area contributed by atoms with Gasteiger partial charge in [-0.15, -0.1) is 11.3 Å². The zero-order valence-corrected chi connectivity index (χ0v) is 13.4. The zero-order chi connectivity index (χ0) is 15.9. The molecule has 1 atom stereocenters. The predicted octanol–water partition coefficient (Wildman–Crippen LogP) is 2.17. The van der Waals surface area contributed by atoms with Crippen LogP contribution in [0.4, 0.5) is 0 Å². The molecule has 3 N–H and O–H groups in total. The third-order valence-electron chi connectivity index (χ3n) is 3.16. The average molecular weight is 381 g/mol. The molecule has 6 nitrogen and oxygen atoms in total. The number of nitriles is 1. The second-order valence-corrected chi connectivity index (χ2v) is 6.99. The summed E-state index contributed by atoms with van der Waals surface area (Å²) in [5, 5.41) is 18.6. The highest BCUT2D eigenvalue weighted by atomic mass is 79.9. The third-order valence-corrected chi connectivity index (χ3v) is 4.85. The number of rotatable bonds is 2. The van der Waals surface area contributed by atoms with Crippen LogP contribution in [0.3, 0.4) is 0 Å². The van der Waals surface area contributed by atoms with E-state index in [1.54, 1.807) is 0 Å². The Morgan fingerprint density at radius 3 is 2.86 bits per heavy atom. The first-order valence-electron chi connectivity index (χ1n) is 6.15. The van der Waals surface area contributed by atoms with Crippen LogP contribution < -0.4 is 15.9 Å². The number of nitrogens with two attached hydrogens (primary N) is 1. The summed E-state index contributed by atoms with van der Waals surface area (Å²) < 4.78 is 11.7. The Morgan fingerprint density at radius 1 is 1.50 bits per heavy atom. The van der Waals surface area contributed by atoms with Gasteiger partial charge in [0.2, 0.25) is 17.1 Å². The average Bonchev–Trinajstić information content (AvgIpc) is 2.92. The number of fused-ring (bicyclic) bond motifs is 1. The molecule has 1 aliphatic heterocycles. The van der Waals surface area contributed by atoms with Crippen molar-refractivity contribution in [3.05, 3.63) is 60.1 Å². The molecule has 2 aromatic rings. The van der Waals surface area contributed by atoms with Crippen molar-refractivity contribution in [1.82, 2.24) is 0 Å². The van der Waals surface area contributed by atoms with E-state index in [1.165, 1.54) is 11.3 Å². The molecule has 112 valence electrons. The van der Waals surface area contributed by atoms with Crippen LogP contribution in [0.2, 0.25) is 0 Å². The van der Waals surface area contributed by atoms with Gasteiger partial charge in [0.05, 0.1) is 9.70 Å². The maximum atomic E-state index is 12.1. The summed E-state index contributed by atoms with van der Waals surface area (Å²) in [5.41, 5.74) is 5.49. The number of hydrogen-bond acceptors (Lipinski definition) is 7. The summed E-state index contributed by atoms with van der Waals surface area (Å²) in [4.78, 5) is 12.9. The summed E-state index contributed by atoms with van der Waals surface area (Å²) in [6.45, 7) is -0.426. The minimum Gasteiger partial charge on any atom is -0.458 e. The lowest BCUT2D eigenvalue weighted by molar-refractivity contribution is 0.232. The lowest BCUT2D eigenvalue weighted by Crippen LogP contribution is -2.25. The molecule has 2 aromatic heterocycles. The van der Waals surface area contributed by atoms with E-state index in [2.05, 4.69) is 15.9 Å². The maximum absolute atomic E-state index is 12.1. The minimum absolute atomic E-state index is 0.0526. The minimum atomic E-state index is -0.635. The van der Waals surface area contributed by atoms with Crippen molar-refractivity contribution in [2.24, 2.45) is 5.73 Å². The summed E-state index contributed by atoms with van der Waals surface area (Å²) in [6.07, 6.45) is 0. The van der Waals surface area contributed by atoms with E-state index in [-0.39, 0.29) is 28.7 Å². The number of thiophene rings is 1. The molecule has 0 aliphatic carbocycles. The van der Waals surface area contributed by atoms with E-state index in [9.17, 15) is 15.2 Å². The molecule has 0 saturated heterocycles. The van der Waals surface area contributed by atoms with Gasteiger partial charge in [-0.05, 0) is 28.1 Å². The number of halogens is 1. The van der Waals surface area contributed by atoms with Gasteiger partial charge in [-0.3, -0.25) is 4.79 Å². The summed E-state index contributed by atoms with van der Waals surface area (Å²) >= 11 is 4.76. The molecule has 8 heteroatoms. The molecule has 3 rings (SSSR count). The first-order valence-corrected chi connectivity index (χ1v) is 7.76. The van der Waals surface area contributed by atoms with E-state index in [1.807, 2.05) is 18.2 Å². The molecule has 22 heavy (non-hydrogen) atoms. The topological polar surface area (TPSA) is 109 Å². The van der Waals surface area contributed by atoms with E-state index < -0.39 is 18.0 Å². The van der Waals surface area contributed by atoms with Gasteiger partial charge in [-0.25, -0.2) is 0 Å². The number of aliphatic hydroxyl groups excluding tert-OH is 1. The van der Waals surface area contributed by atoms with Gasteiger partial charge in [0.15, 0.2) is 5.76 Å². The van der Waals surface area contributed by atoms with Crippen LogP contribution in [0.25, 0.3) is 0 Å². The molecule has 0 aromatic carbocycles. The fourth-order valence-corrected chi connectivity index (χ4v) is 3.76. The second kappa shape index (κ2) is 5.61. The largest absolute Gasteiger partial charge is 0.458 e. The van der Waals surface area contributed by atoms with Crippen LogP contribution in [0.1, 0.15) is 22.3 Å². The Labute approximate surface area is 137 Å². The molecule has 0 saturated carbocycles. The maximum Gasteiger partial charge on any atom is 0.228 e. The number of allylic oxidation sites excluding steroid dienone is 1. The van der Waals surface area contributed by atoms with Crippen LogP contribution in [-0.4, -0.2) is 5.11 Å². The van der Waals surface area contributed by atoms with E-state index >= 15 is 0 Å². The van der Waals surface area contributed by atoms with Gasteiger partial charge >= 0.3 is 0 Å². The van der Waals surface area contributed by atoms with Crippen molar-refractivity contribution in [2.75, 3.05) is 0 Å². The Hall–Kier alpha value is -2.08. The molecular weight excluding hydrogens is 372 g/mol. The quantitative estimate of drug-likeness (QED) is 0.825. The van der Waals surface area contributed by atoms with Crippen molar-refractivity contribution < 1.29 is 14.3 Å². The molecule has 0 spiro atoms. The highest BCUT2D eigenvalue weighted by Gasteiger charge is 2.35. The van der Waals surface area contributed by atoms with E-state index in [0.29, 0.717) is 0 Å². The summed E-state index contributed by atoms with van der Waals surface area (Å²) in [5.74, 6) is -0.525. The van der Waals surface area contributed by atoms with E-state index in [0.717, 1.165) is 14.7 Å². The Kier molecular flexibility index (Phi) is 3.78. The lowest BCUT2D eigenvalue weighted by Gasteiger charge is -2.23. The lowest BCUT2D eigenvalue weighted by atomic mass is 9.93. The van der Waals surface area contributed by atoms with E-state index in [4.69, 9.17) is 14.9 Å². The zero-order valence-electron chi connectivity index (χ0n) is 11.0. The monoisotopic (exact) mass is 380 g/mol. The fraction of sp³-hybridized carbons (Fsp3) is 0.143. The molecule has 0 unspecified atom stereocenters. The van der Waals surface area contributed by atoms with Crippen LogP contribution in [0, 0.1) is 11.3 Å². The Morgan fingerprint density at radius 2 is 2.27 bits per heavy atom. The molecule has 3 heterocycles. The van der Waals surface area contributed by atoms with Crippen LogP contribution in [0.5, 0.6) is 5.75 Å². The molecule has 0 radical (unpaired) electrons. The summed E-state index contributed by atoms with van der Waals surface area (Å²) in [7, 11) is 0. The van der Waals surface area contributed by atoms with Gasteiger partial charge in [-0.2, -0.15) is 5.26 Å². The molecule has 0 fully saturated rings. The van der Waals surface area contributed by atoms with Crippen molar-refractivity contribution in [1.29, 1.82) is 5.26 Å². The fourth-order valence-electron chi connectivity index (χ4n) is 2.23. The van der Waals surface area contributed by atoms with Gasteiger partial charge in [0.25, 0.3) is 0 Å². The summed E-state index contributed by atoms with van der Waals surface area (Å²) in [6, 6.07) is 6.79. The Bertz CT molecular complexity index is 878. The van der Waals surface area contributed by atoms with Gasteiger partial charge < -0.3 is 20.0 Å². The third kappa shape index (κ3) is 2.33. The normalized spacial score (nSPS) is 16.9.